The predicted octanol–water partition coefficient (Wildman–Crippen LogP) is 3.49. The molecule has 0 bridgehead atoms. The molecule has 140 valence electrons. The molecule has 0 saturated heterocycles. The Labute approximate surface area is 162 Å². The Bertz CT molecular complexity index is 910. The fraction of sp³-hybridized carbons (Fsp3) is 0.263. The molecule has 0 aliphatic heterocycles. The van der Waals surface area contributed by atoms with E-state index in [1.807, 2.05) is 69.3 Å². The Morgan fingerprint density at radius 3 is 2.70 bits per heavy atom. The molecule has 7 nitrogen and oxygen atoms in total. The molecule has 27 heavy (non-hydrogen) atoms. The Morgan fingerprint density at radius 2 is 1.96 bits per heavy atom. The summed E-state index contributed by atoms with van der Waals surface area (Å²) in [6.07, 6.45) is 0. The number of ether oxygens (including phenoxy) is 1. The minimum atomic E-state index is -0.394. The minimum Gasteiger partial charge on any atom is -0.492 e. The first-order valence-electron chi connectivity index (χ1n) is 8.63. The number of benzene rings is 2. The third-order valence-corrected chi connectivity index (χ3v) is 4.85. The lowest BCUT2D eigenvalue weighted by atomic mass is 10.2. The van der Waals surface area contributed by atoms with Crippen molar-refractivity contribution in [1.29, 1.82) is 0 Å². The van der Waals surface area contributed by atoms with Gasteiger partial charge in [0.05, 0.1) is 23.2 Å². The number of hydrogen-bond acceptors (Lipinski definition) is 6. The van der Waals surface area contributed by atoms with Crippen molar-refractivity contribution in [2.45, 2.75) is 31.2 Å². The second-order valence-corrected chi connectivity index (χ2v) is 7.20. The molecular weight excluding hydrogens is 362 g/mol. The fourth-order valence-corrected chi connectivity index (χ4v) is 3.21. The quantitative estimate of drug-likeness (QED) is 0.629. The zero-order valence-electron chi connectivity index (χ0n) is 15.4. The lowest BCUT2D eigenvalue weighted by molar-refractivity contribution is -0.115. The standard InChI is InChI=1S/C19H21N5O2S/c1-4-26-17-8-6-5-7-16(17)20-18(25)14(3)27-19-21-22-23-24(19)15-11-9-13(2)10-12-15/h5-12,14H,4H2,1-3H3,(H,20,25)/t14-/m0/s1. The van der Waals surface area contributed by atoms with Crippen LogP contribution in [0.3, 0.4) is 0 Å². The van der Waals surface area contributed by atoms with E-state index in [0.717, 1.165) is 11.3 Å². The minimum absolute atomic E-state index is 0.148. The summed E-state index contributed by atoms with van der Waals surface area (Å²) in [4.78, 5) is 12.6. The van der Waals surface area contributed by atoms with Crippen LogP contribution in [0.2, 0.25) is 0 Å². The number of aromatic nitrogens is 4. The Morgan fingerprint density at radius 1 is 1.22 bits per heavy atom. The zero-order chi connectivity index (χ0) is 19.2. The van der Waals surface area contributed by atoms with Crippen molar-refractivity contribution in [3.05, 3.63) is 54.1 Å². The fourth-order valence-electron chi connectivity index (χ4n) is 2.40. The number of para-hydroxylation sites is 2. The summed E-state index contributed by atoms with van der Waals surface area (Å²) in [5.74, 6) is 0.501. The van der Waals surface area contributed by atoms with Gasteiger partial charge in [0.2, 0.25) is 11.1 Å². The zero-order valence-corrected chi connectivity index (χ0v) is 16.2. The number of nitrogens with zero attached hydrogens (tertiary/aromatic N) is 4. The van der Waals surface area contributed by atoms with Crippen LogP contribution in [0.25, 0.3) is 5.69 Å². The molecule has 0 radical (unpaired) electrons. The molecule has 1 amide bonds. The van der Waals surface area contributed by atoms with Crippen molar-refractivity contribution < 1.29 is 9.53 Å². The van der Waals surface area contributed by atoms with Crippen molar-refractivity contribution in [2.24, 2.45) is 0 Å². The van der Waals surface area contributed by atoms with Gasteiger partial charge in [-0.1, -0.05) is 41.6 Å². The molecule has 0 aliphatic rings. The number of carbonyl (C=O) groups excluding carboxylic acids is 1. The maximum Gasteiger partial charge on any atom is 0.237 e. The molecule has 0 fully saturated rings. The van der Waals surface area contributed by atoms with Crippen LogP contribution in [0.5, 0.6) is 5.75 Å². The monoisotopic (exact) mass is 383 g/mol. The highest BCUT2D eigenvalue weighted by Crippen LogP contribution is 2.27. The van der Waals surface area contributed by atoms with E-state index < -0.39 is 5.25 Å². The number of thioether (sulfide) groups is 1. The van der Waals surface area contributed by atoms with Crippen molar-refractivity contribution >= 4 is 23.4 Å². The second-order valence-electron chi connectivity index (χ2n) is 5.89. The van der Waals surface area contributed by atoms with E-state index in [0.29, 0.717) is 23.2 Å². The molecule has 2 aromatic carbocycles. The van der Waals surface area contributed by atoms with Crippen molar-refractivity contribution in [2.75, 3.05) is 11.9 Å². The molecule has 1 N–H and O–H groups in total. The van der Waals surface area contributed by atoms with E-state index in [1.165, 1.54) is 11.8 Å². The van der Waals surface area contributed by atoms with Crippen molar-refractivity contribution in [1.82, 2.24) is 20.2 Å². The SMILES string of the molecule is CCOc1ccccc1NC(=O)[C@H](C)Sc1nnnn1-c1ccc(C)cc1. The van der Waals surface area contributed by atoms with Gasteiger partial charge in [0.1, 0.15) is 5.75 Å². The highest BCUT2D eigenvalue weighted by Gasteiger charge is 2.20. The largest absolute Gasteiger partial charge is 0.492 e. The van der Waals surface area contributed by atoms with Gasteiger partial charge in [-0.05, 0) is 55.5 Å². The van der Waals surface area contributed by atoms with Crippen LogP contribution in [-0.2, 0) is 4.79 Å². The molecule has 1 aromatic heterocycles. The molecule has 1 atom stereocenters. The number of tetrazole rings is 1. The molecule has 3 aromatic rings. The van der Waals surface area contributed by atoms with Gasteiger partial charge >= 0.3 is 0 Å². The normalized spacial score (nSPS) is 11.8. The summed E-state index contributed by atoms with van der Waals surface area (Å²) in [5.41, 5.74) is 2.65. The summed E-state index contributed by atoms with van der Waals surface area (Å²) >= 11 is 1.30. The smallest absolute Gasteiger partial charge is 0.237 e. The van der Waals surface area contributed by atoms with E-state index in [2.05, 4.69) is 20.8 Å². The molecule has 0 saturated carbocycles. The molecule has 1 heterocycles. The summed E-state index contributed by atoms with van der Waals surface area (Å²) in [7, 11) is 0. The van der Waals surface area contributed by atoms with Gasteiger partial charge in [-0.15, -0.1) is 5.10 Å². The molecule has 0 unspecified atom stereocenters. The van der Waals surface area contributed by atoms with Gasteiger partial charge < -0.3 is 10.1 Å². The third-order valence-electron chi connectivity index (χ3n) is 3.82. The number of rotatable bonds is 7. The van der Waals surface area contributed by atoms with Crippen LogP contribution in [-0.4, -0.2) is 38.0 Å². The van der Waals surface area contributed by atoms with E-state index in [4.69, 9.17) is 4.74 Å². The molecule has 0 spiro atoms. The first kappa shape index (κ1) is 18.9. The maximum absolute atomic E-state index is 12.6. The van der Waals surface area contributed by atoms with E-state index in [-0.39, 0.29) is 5.91 Å². The number of carbonyl (C=O) groups is 1. The average molecular weight is 383 g/mol. The van der Waals surface area contributed by atoms with Gasteiger partial charge in [0, 0.05) is 0 Å². The van der Waals surface area contributed by atoms with Gasteiger partial charge in [-0.2, -0.15) is 4.68 Å². The number of anilines is 1. The molecule has 0 aliphatic carbocycles. The molecule has 8 heteroatoms. The summed E-state index contributed by atoms with van der Waals surface area (Å²) < 4.78 is 7.18. The predicted molar refractivity (Wildman–Crippen MR) is 105 cm³/mol. The highest BCUT2D eigenvalue weighted by molar-refractivity contribution is 8.00. The molecular formula is C19H21N5O2S. The van der Waals surface area contributed by atoms with Crippen LogP contribution in [0.1, 0.15) is 19.4 Å². The van der Waals surface area contributed by atoms with Gasteiger partial charge in [-0.3, -0.25) is 4.79 Å². The first-order valence-corrected chi connectivity index (χ1v) is 9.51. The van der Waals surface area contributed by atoms with E-state index in [9.17, 15) is 4.79 Å². The Kier molecular flexibility index (Phi) is 6.08. The van der Waals surface area contributed by atoms with Crippen LogP contribution in [0.4, 0.5) is 5.69 Å². The lowest BCUT2D eigenvalue weighted by Crippen LogP contribution is -2.23. The Balaban J connectivity index is 1.71. The number of nitrogens with one attached hydrogen (secondary N) is 1. The van der Waals surface area contributed by atoms with Gasteiger partial charge in [0.15, 0.2) is 0 Å². The second kappa shape index (κ2) is 8.68. The topological polar surface area (TPSA) is 81.9 Å². The van der Waals surface area contributed by atoms with E-state index >= 15 is 0 Å². The lowest BCUT2D eigenvalue weighted by Gasteiger charge is -2.14. The highest BCUT2D eigenvalue weighted by atomic mass is 32.2. The summed E-state index contributed by atoms with van der Waals surface area (Å²) in [5, 5.41) is 14.9. The third kappa shape index (κ3) is 4.65. The molecule has 3 rings (SSSR count). The van der Waals surface area contributed by atoms with Crippen LogP contribution < -0.4 is 10.1 Å². The summed E-state index contributed by atoms with van der Waals surface area (Å²) in [6.45, 7) is 6.27. The van der Waals surface area contributed by atoms with Crippen LogP contribution >= 0.6 is 11.8 Å². The Hall–Kier alpha value is -2.87. The van der Waals surface area contributed by atoms with Gasteiger partial charge in [-0.25, -0.2) is 0 Å². The van der Waals surface area contributed by atoms with E-state index in [1.54, 1.807) is 4.68 Å². The summed E-state index contributed by atoms with van der Waals surface area (Å²) in [6, 6.07) is 15.2. The average Bonchev–Trinajstić information content (AvgIpc) is 3.12. The number of hydrogen-bond donors (Lipinski definition) is 1. The van der Waals surface area contributed by atoms with Crippen molar-refractivity contribution in [3.63, 3.8) is 0 Å². The van der Waals surface area contributed by atoms with Crippen molar-refractivity contribution in [3.8, 4) is 11.4 Å². The first-order chi connectivity index (χ1) is 13.1. The van der Waals surface area contributed by atoms with Crippen LogP contribution in [0.15, 0.2) is 53.7 Å². The maximum atomic E-state index is 12.6. The number of amides is 1. The number of aryl methyl sites for hydroxylation is 1. The van der Waals surface area contributed by atoms with Gasteiger partial charge in [0.25, 0.3) is 0 Å². The van der Waals surface area contributed by atoms with Crippen LogP contribution in [0, 0.1) is 6.92 Å².